The predicted octanol–water partition coefficient (Wildman–Crippen LogP) is 3.05. The second-order valence-electron chi connectivity index (χ2n) is 8.39. The molecule has 8 nitrogen and oxygen atoms in total. The molecule has 1 aromatic heterocycles. The van der Waals surface area contributed by atoms with Gasteiger partial charge in [-0.3, -0.25) is 14.4 Å². The number of hydrogen-bond acceptors (Lipinski definition) is 4. The molecular formula is C22H25ClFN5O3. The van der Waals surface area contributed by atoms with Crippen LogP contribution in [0.4, 0.5) is 10.1 Å². The van der Waals surface area contributed by atoms with E-state index in [4.69, 9.17) is 11.6 Å². The van der Waals surface area contributed by atoms with E-state index in [1.54, 1.807) is 11.0 Å². The highest BCUT2D eigenvalue weighted by Crippen LogP contribution is 2.46. The summed E-state index contributed by atoms with van der Waals surface area (Å²) >= 11 is 6.21. The average Bonchev–Trinajstić information content (AvgIpc) is 3.27. The summed E-state index contributed by atoms with van der Waals surface area (Å²) in [6.07, 6.45) is 5.49. The summed E-state index contributed by atoms with van der Waals surface area (Å²) < 4.78 is 13.4. The molecule has 10 heteroatoms. The van der Waals surface area contributed by atoms with Gasteiger partial charge in [-0.1, -0.05) is 11.6 Å². The molecule has 1 spiro atoms. The normalized spacial score (nSPS) is 23.3. The first-order valence-electron chi connectivity index (χ1n) is 10.7. The van der Waals surface area contributed by atoms with Crippen molar-refractivity contribution in [2.45, 2.75) is 44.6 Å². The van der Waals surface area contributed by atoms with Crippen molar-refractivity contribution in [3.8, 4) is 0 Å². The topological polar surface area (TPSA) is 107 Å². The molecule has 32 heavy (non-hydrogen) atoms. The molecule has 2 aliphatic rings. The van der Waals surface area contributed by atoms with E-state index in [1.807, 2.05) is 0 Å². The summed E-state index contributed by atoms with van der Waals surface area (Å²) in [6, 6.07) is 3.98. The number of benzene rings is 1. The Labute approximate surface area is 189 Å². The number of H-pyrrole nitrogens is 1. The van der Waals surface area contributed by atoms with Crippen molar-refractivity contribution in [3.05, 3.63) is 46.8 Å². The molecule has 1 aromatic carbocycles. The van der Waals surface area contributed by atoms with Gasteiger partial charge in [0.15, 0.2) is 5.69 Å². The van der Waals surface area contributed by atoms with Crippen molar-refractivity contribution in [1.29, 1.82) is 0 Å². The third kappa shape index (κ3) is 4.09. The zero-order valence-electron chi connectivity index (χ0n) is 17.7. The largest absolute Gasteiger partial charge is 0.354 e. The lowest BCUT2D eigenvalue weighted by molar-refractivity contribution is -0.132. The molecule has 0 unspecified atom stereocenters. The molecule has 1 aliphatic carbocycles. The van der Waals surface area contributed by atoms with Crippen molar-refractivity contribution in [2.75, 3.05) is 18.5 Å². The quantitative estimate of drug-likeness (QED) is 0.650. The molecule has 3 N–H and O–H groups in total. The molecule has 0 radical (unpaired) electrons. The van der Waals surface area contributed by atoms with Crippen LogP contribution < -0.4 is 15.5 Å². The van der Waals surface area contributed by atoms with Crippen LogP contribution in [0.5, 0.6) is 0 Å². The minimum Gasteiger partial charge on any atom is -0.354 e. The van der Waals surface area contributed by atoms with Gasteiger partial charge >= 0.3 is 0 Å². The number of hydrogen-bond donors (Lipinski definition) is 3. The zero-order valence-corrected chi connectivity index (χ0v) is 18.5. The van der Waals surface area contributed by atoms with Crippen LogP contribution in [0.2, 0.25) is 5.02 Å². The van der Waals surface area contributed by atoms with Gasteiger partial charge in [-0.15, -0.1) is 0 Å². The van der Waals surface area contributed by atoms with E-state index in [9.17, 15) is 18.8 Å². The smallest absolute Gasteiger partial charge is 0.272 e. The molecule has 2 fully saturated rings. The standard InChI is InChI=1S/C22H25ClFN5O3/c1-25-19(30)17-18(27-12-26-17)20(31)28-14-5-8-22(9-6-14)7-2-10-29(21(22)32)16-4-3-13(24)11-15(16)23/h3-4,11-12,14H,2,5-10H2,1H3,(H,25,30)(H,26,27)(H,28,31)/t14-,22-. The van der Waals surface area contributed by atoms with E-state index in [0.29, 0.717) is 37.9 Å². The van der Waals surface area contributed by atoms with Crippen molar-refractivity contribution < 1.29 is 18.8 Å². The number of rotatable bonds is 4. The van der Waals surface area contributed by atoms with Gasteiger partial charge in [-0.2, -0.15) is 0 Å². The van der Waals surface area contributed by atoms with Crippen LogP contribution in [-0.2, 0) is 4.79 Å². The van der Waals surface area contributed by atoms with Crippen molar-refractivity contribution in [2.24, 2.45) is 5.41 Å². The lowest BCUT2D eigenvalue weighted by atomic mass is 9.67. The highest BCUT2D eigenvalue weighted by molar-refractivity contribution is 6.33. The Morgan fingerprint density at radius 3 is 2.69 bits per heavy atom. The maximum atomic E-state index is 13.4. The van der Waals surface area contributed by atoms with Gasteiger partial charge in [0.2, 0.25) is 5.91 Å². The van der Waals surface area contributed by atoms with E-state index in [2.05, 4.69) is 20.6 Å². The van der Waals surface area contributed by atoms with E-state index >= 15 is 0 Å². The maximum Gasteiger partial charge on any atom is 0.272 e. The number of carbonyl (C=O) groups is 3. The monoisotopic (exact) mass is 461 g/mol. The van der Waals surface area contributed by atoms with Gasteiger partial charge < -0.3 is 20.5 Å². The second-order valence-corrected chi connectivity index (χ2v) is 8.80. The zero-order chi connectivity index (χ0) is 22.9. The van der Waals surface area contributed by atoms with E-state index in [-0.39, 0.29) is 28.4 Å². The molecule has 170 valence electrons. The lowest BCUT2D eigenvalue weighted by Gasteiger charge is -2.45. The Bertz CT molecular complexity index is 1050. The fraction of sp³-hybridized carbons (Fsp3) is 0.455. The molecule has 3 amide bonds. The number of aromatic nitrogens is 2. The number of nitrogens with one attached hydrogen (secondary N) is 3. The fourth-order valence-corrected chi connectivity index (χ4v) is 5.06. The molecule has 4 rings (SSSR count). The molecule has 0 atom stereocenters. The summed E-state index contributed by atoms with van der Waals surface area (Å²) in [5.41, 5.74) is 0.203. The Kier molecular flexibility index (Phi) is 6.19. The van der Waals surface area contributed by atoms with Gasteiger partial charge in [-0.25, -0.2) is 9.37 Å². The number of anilines is 1. The highest BCUT2D eigenvalue weighted by Gasteiger charge is 2.46. The van der Waals surface area contributed by atoms with Gasteiger partial charge in [-0.05, 0) is 56.7 Å². The minimum atomic E-state index is -0.502. The predicted molar refractivity (Wildman–Crippen MR) is 117 cm³/mol. The van der Waals surface area contributed by atoms with Gasteiger partial charge in [0, 0.05) is 25.0 Å². The number of piperidine rings is 1. The SMILES string of the molecule is CNC(=O)c1nc[nH]c1C(=O)N[C@H]1CC[C@@]2(CCCN(c3ccc(F)cc3Cl)C2=O)CC1. The first-order chi connectivity index (χ1) is 15.3. The first-order valence-corrected chi connectivity index (χ1v) is 11.1. The van der Waals surface area contributed by atoms with Crippen LogP contribution in [0.3, 0.4) is 0 Å². The Morgan fingerprint density at radius 1 is 1.25 bits per heavy atom. The third-order valence-electron chi connectivity index (χ3n) is 6.52. The van der Waals surface area contributed by atoms with Crippen LogP contribution in [0, 0.1) is 11.2 Å². The summed E-state index contributed by atoms with van der Waals surface area (Å²) in [5, 5.41) is 5.64. The fourth-order valence-electron chi connectivity index (χ4n) is 4.79. The minimum absolute atomic E-state index is 0.0116. The molecule has 2 heterocycles. The molecule has 1 saturated heterocycles. The van der Waals surface area contributed by atoms with Gasteiger partial charge in [0.25, 0.3) is 11.8 Å². The van der Waals surface area contributed by atoms with Crippen LogP contribution in [0.15, 0.2) is 24.5 Å². The van der Waals surface area contributed by atoms with Crippen molar-refractivity contribution in [1.82, 2.24) is 20.6 Å². The number of nitrogens with zero attached hydrogens (tertiary/aromatic N) is 2. The second kappa shape index (κ2) is 8.90. The lowest BCUT2D eigenvalue weighted by Crippen LogP contribution is -2.52. The maximum absolute atomic E-state index is 13.4. The van der Waals surface area contributed by atoms with E-state index in [0.717, 1.165) is 12.8 Å². The van der Waals surface area contributed by atoms with E-state index < -0.39 is 23.0 Å². The number of halogens is 2. The summed E-state index contributed by atoms with van der Waals surface area (Å²) in [5.74, 6) is -1.26. The summed E-state index contributed by atoms with van der Waals surface area (Å²) in [4.78, 5) is 46.3. The van der Waals surface area contributed by atoms with Crippen LogP contribution in [-0.4, -0.2) is 47.3 Å². The average molecular weight is 462 g/mol. The molecule has 0 bridgehead atoms. The summed E-state index contributed by atoms with van der Waals surface area (Å²) in [7, 11) is 1.48. The number of amides is 3. The first kappa shape index (κ1) is 22.3. The number of aromatic amines is 1. The van der Waals surface area contributed by atoms with Crippen molar-refractivity contribution in [3.63, 3.8) is 0 Å². The third-order valence-corrected chi connectivity index (χ3v) is 6.83. The van der Waals surface area contributed by atoms with Crippen molar-refractivity contribution >= 4 is 35.0 Å². The Morgan fingerprint density at radius 2 is 2.00 bits per heavy atom. The van der Waals surface area contributed by atoms with Gasteiger partial charge in [0.05, 0.1) is 17.0 Å². The summed E-state index contributed by atoms with van der Waals surface area (Å²) in [6.45, 7) is 0.550. The highest BCUT2D eigenvalue weighted by atomic mass is 35.5. The van der Waals surface area contributed by atoms with Crippen LogP contribution >= 0.6 is 11.6 Å². The van der Waals surface area contributed by atoms with E-state index in [1.165, 1.54) is 25.5 Å². The Hall–Kier alpha value is -2.94. The van der Waals surface area contributed by atoms with Crippen LogP contribution in [0.25, 0.3) is 0 Å². The Balaban J connectivity index is 1.42. The van der Waals surface area contributed by atoms with Gasteiger partial charge in [0.1, 0.15) is 11.5 Å². The molecule has 1 saturated carbocycles. The molecule has 2 aromatic rings. The number of imidazole rings is 1. The molecular weight excluding hydrogens is 437 g/mol. The van der Waals surface area contributed by atoms with Crippen LogP contribution in [0.1, 0.15) is 59.5 Å². The number of carbonyl (C=O) groups excluding carboxylic acids is 3. The molecule has 1 aliphatic heterocycles.